The lowest BCUT2D eigenvalue weighted by Crippen LogP contribution is -2.45. The van der Waals surface area contributed by atoms with Crippen LogP contribution in [-0.4, -0.2) is 38.2 Å². The van der Waals surface area contributed by atoms with Gasteiger partial charge in [-0.3, -0.25) is 9.69 Å². The SMILES string of the molecule is COc1cccc(N2C[C@@H](NC(=O)N3CCc4ccccc43)CC2=O)c1. The van der Waals surface area contributed by atoms with Crippen LogP contribution < -0.4 is 19.9 Å². The molecule has 3 amide bonds. The number of anilines is 2. The molecule has 6 nitrogen and oxygen atoms in total. The van der Waals surface area contributed by atoms with Gasteiger partial charge in [-0.25, -0.2) is 4.79 Å². The van der Waals surface area contributed by atoms with E-state index < -0.39 is 0 Å². The number of nitrogens with zero attached hydrogens (tertiary/aromatic N) is 2. The first-order chi connectivity index (χ1) is 12.7. The highest BCUT2D eigenvalue weighted by atomic mass is 16.5. The third-order valence-electron chi connectivity index (χ3n) is 4.95. The Hall–Kier alpha value is -3.02. The quantitative estimate of drug-likeness (QED) is 0.924. The Morgan fingerprint density at radius 2 is 2.04 bits per heavy atom. The highest BCUT2D eigenvalue weighted by molar-refractivity contribution is 5.98. The molecule has 0 aliphatic carbocycles. The third-order valence-corrected chi connectivity index (χ3v) is 4.95. The fourth-order valence-electron chi connectivity index (χ4n) is 3.63. The first kappa shape index (κ1) is 16.4. The molecule has 0 aromatic heterocycles. The molecular weight excluding hydrogens is 330 g/mol. The van der Waals surface area contributed by atoms with E-state index in [4.69, 9.17) is 4.74 Å². The lowest BCUT2D eigenvalue weighted by atomic mass is 10.2. The molecule has 0 bridgehead atoms. The molecular formula is C20H21N3O3. The smallest absolute Gasteiger partial charge is 0.322 e. The van der Waals surface area contributed by atoms with E-state index in [1.165, 1.54) is 5.56 Å². The van der Waals surface area contributed by atoms with Crippen LogP contribution in [0.1, 0.15) is 12.0 Å². The van der Waals surface area contributed by atoms with Crippen LogP contribution in [0.2, 0.25) is 0 Å². The molecule has 26 heavy (non-hydrogen) atoms. The number of nitrogens with one attached hydrogen (secondary N) is 1. The van der Waals surface area contributed by atoms with Crippen molar-refractivity contribution in [3.63, 3.8) is 0 Å². The predicted molar refractivity (Wildman–Crippen MR) is 99.8 cm³/mol. The van der Waals surface area contributed by atoms with Crippen LogP contribution in [0.4, 0.5) is 16.2 Å². The molecule has 1 saturated heterocycles. The maximum atomic E-state index is 12.7. The minimum absolute atomic E-state index is 0.00498. The number of benzene rings is 2. The lowest BCUT2D eigenvalue weighted by Gasteiger charge is -2.21. The molecule has 0 saturated carbocycles. The summed E-state index contributed by atoms with van der Waals surface area (Å²) in [4.78, 5) is 28.5. The normalized spacial score (nSPS) is 18.8. The third kappa shape index (κ3) is 2.98. The summed E-state index contributed by atoms with van der Waals surface area (Å²) in [7, 11) is 1.60. The number of carbonyl (C=O) groups excluding carboxylic acids is 2. The van der Waals surface area contributed by atoms with Crippen molar-refractivity contribution in [2.24, 2.45) is 0 Å². The van der Waals surface area contributed by atoms with Gasteiger partial charge in [0.15, 0.2) is 0 Å². The summed E-state index contributed by atoms with van der Waals surface area (Å²) in [5, 5.41) is 3.01. The molecule has 4 rings (SSSR count). The van der Waals surface area contributed by atoms with Gasteiger partial charge in [0.2, 0.25) is 5.91 Å². The van der Waals surface area contributed by atoms with E-state index >= 15 is 0 Å². The fraction of sp³-hybridized carbons (Fsp3) is 0.300. The van der Waals surface area contributed by atoms with Crippen molar-refractivity contribution in [1.29, 1.82) is 0 Å². The molecule has 2 aliphatic heterocycles. The molecule has 0 radical (unpaired) electrons. The van der Waals surface area contributed by atoms with Gasteiger partial charge in [-0.15, -0.1) is 0 Å². The number of methoxy groups -OCH3 is 1. The number of para-hydroxylation sites is 1. The fourth-order valence-corrected chi connectivity index (χ4v) is 3.63. The van der Waals surface area contributed by atoms with E-state index in [-0.39, 0.29) is 18.0 Å². The average Bonchev–Trinajstić information content (AvgIpc) is 3.25. The summed E-state index contributed by atoms with van der Waals surface area (Å²) < 4.78 is 5.23. The lowest BCUT2D eigenvalue weighted by molar-refractivity contribution is -0.117. The van der Waals surface area contributed by atoms with Crippen molar-refractivity contribution in [3.05, 3.63) is 54.1 Å². The van der Waals surface area contributed by atoms with E-state index in [1.807, 2.05) is 48.5 Å². The summed E-state index contributed by atoms with van der Waals surface area (Å²) in [6.07, 6.45) is 1.17. The Balaban J connectivity index is 1.44. The van der Waals surface area contributed by atoms with Crippen molar-refractivity contribution < 1.29 is 14.3 Å². The molecule has 1 fully saturated rings. The van der Waals surface area contributed by atoms with Crippen molar-refractivity contribution in [1.82, 2.24) is 5.32 Å². The van der Waals surface area contributed by atoms with Crippen LogP contribution in [0.25, 0.3) is 0 Å². The van der Waals surface area contributed by atoms with E-state index in [1.54, 1.807) is 16.9 Å². The first-order valence-electron chi connectivity index (χ1n) is 8.76. The van der Waals surface area contributed by atoms with Crippen LogP contribution in [0.15, 0.2) is 48.5 Å². The monoisotopic (exact) mass is 351 g/mol. The van der Waals surface area contributed by atoms with Gasteiger partial charge in [0, 0.05) is 37.0 Å². The summed E-state index contributed by atoms with van der Waals surface area (Å²) in [6, 6.07) is 15.0. The Bertz CT molecular complexity index is 852. The molecule has 0 spiro atoms. The van der Waals surface area contributed by atoms with Crippen molar-refractivity contribution in [2.45, 2.75) is 18.9 Å². The first-order valence-corrected chi connectivity index (χ1v) is 8.76. The summed E-state index contributed by atoms with van der Waals surface area (Å²) in [5.74, 6) is 0.710. The largest absolute Gasteiger partial charge is 0.497 e. The van der Waals surface area contributed by atoms with Gasteiger partial charge in [0.25, 0.3) is 0 Å². The van der Waals surface area contributed by atoms with E-state index in [0.29, 0.717) is 25.3 Å². The summed E-state index contributed by atoms with van der Waals surface area (Å²) in [6.45, 7) is 1.14. The van der Waals surface area contributed by atoms with E-state index in [2.05, 4.69) is 5.32 Å². The van der Waals surface area contributed by atoms with Gasteiger partial charge in [-0.2, -0.15) is 0 Å². The topological polar surface area (TPSA) is 61.9 Å². The van der Waals surface area contributed by atoms with Crippen molar-refractivity contribution in [2.75, 3.05) is 30.0 Å². The molecule has 2 aromatic rings. The number of urea groups is 1. The zero-order chi connectivity index (χ0) is 18.1. The second-order valence-electron chi connectivity index (χ2n) is 6.59. The Morgan fingerprint density at radius 3 is 2.88 bits per heavy atom. The van der Waals surface area contributed by atoms with Gasteiger partial charge in [-0.1, -0.05) is 24.3 Å². The van der Waals surface area contributed by atoms with Crippen LogP contribution in [-0.2, 0) is 11.2 Å². The number of hydrogen-bond acceptors (Lipinski definition) is 3. The Labute approximate surface area is 152 Å². The van der Waals surface area contributed by atoms with Gasteiger partial charge in [-0.05, 0) is 30.2 Å². The summed E-state index contributed by atoms with van der Waals surface area (Å²) in [5.41, 5.74) is 2.93. The number of ether oxygens (including phenoxy) is 1. The van der Waals surface area contributed by atoms with Crippen LogP contribution in [0, 0.1) is 0 Å². The van der Waals surface area contributed by atoms with Gasteiger partial charge < -0.3 is 15.0 Å². The molecule has 134 valence electrons. The number of amides is 3. The second kappa shape index (κ2) is 6.71. The van der Waals surface area contributed by atoms with Crippen molar-refractivity contribution in [3.8, 4) is 5.75 Å². The molecule has 2 aromatic carbocycles. The molecule has 1 atom stereocenters. The van der Waals surface area contributed by atoms with Crippen LogP contribution in [0.3, 0.4) is 0 Å². The van der Waals surface area contributed by atoms with Crippen LogP contribution >= 0.6 is 0 Å². The van der Waals surface area contributed by atoms with Crippen molar-refractivity contribution >= 4 is 23.3 Å². The van der Waals surface area contributed by atoms with Gasteiger partial charge in [0.1, 0.15) is 5.75 Å². The maximum absolute atomic E-state index is 12.7. The zero-order valence-corrected chi connectivity index (χ0v) is 14.6. The number of hydrogen-bond donors (Lipinski definition) is 1. The van der Waals surface area contributed by atoms with E-state index in [0.717, 1.165) is 17.8 Å². The Morgan fingerprint density at radius 1 is 1.19 bits per heavy atom. The zero-order valence-electron chi connectivity index (χ0n) is 14.6. The number of carbonyl (C=O) groups is 2. The number of fused-ring (bicyclic) bond motifs is 1. The molecule has 0 unspecified atom stereocenters. The van der Waals surface area contributed by atoms with Gasteiger partial charge >= 0.3 is 6.03 Å². The number of rotatable bonds is 3. The predicted octanol–water partition coefficient (Wildman–Crippen LogP) is 2.57. The van der Waals surface area contributed by atoms with Crippen LogP contribution in [0.5, 0.6) is 5.75 Å². The highest BCUT2D eigenvalue weighted by Gasteiger charge is 2.34. The molecule has 2 heterocycles. The average molecular weight is 351 g/mol. The molecule has 1 N–H and O–H groups in total. The molecule has 2 aliphatic rings. The molecule has 6 heteroatoms. The highest BCUT2D eigenvalue weighted by Crippen LogP contribution is 2.28. The summed E-state index contributed by atoms with van der Waals surface area (Å²) >= 11 is 0. The Kier molecular flexibility index (Phi) is 4.24. The minimum Gasteiger partial charge on any atom is -0.497 e. The van der Waals surface area contributed by atoms with E-state index in [9.17, 15) is 9.59 Å². The minimum atomic E-state index is -0.200. The maximum Gasteiger partial charge on any atom is 0.322 e. The second-order valence-corrected chi connectivity index (χ2v) is 6.59. The standard InChI is InChI=1S/C20H21N3O3/c1-26-17-7-4-6-16(12-17)23-13-15(11-19(23)24)21-20(25)22-10-9-14-5-2-3-8-18(14)22/h2-8,12,15H,9-11,13H2,1H3,(H,21,25)/t15-/m0/s1. The van der Waals surface area contributed by atoms with Gasteiger partial charge in [0.05, 0.1) is 13.2 Å².